The number of carboxylic acid groups (broad SMARTS) is 1. The number of aromatic nitrogens is 2. The van der Waals surface area contributed by atoms with Crippen LogP contribution in [-0.2, 0) is 0 Å². The largest absolute Gasteiger partial charge is 0.476 e. The van der Waals surface area contributed by atoms with Crippen molar-refractivity contribution in [2.75, 3.05) is 11.9 Å². The highest BCUT2D eigenvalue weighted by atomic mass is 79.9. The summed E-state index contributed by atoms with van der Waals surface area (Å²) in [5, 5.41) is 12.1. The Morgan fingerprint density at radius 3 is 3.00 bits per heavy atom. The first-order valence-electron chi connectivity index (χ1n) is 4.87. The quantitative estimate of drug-likeness (QED) is 0.909. The second kappa shape index (κ2) is 4.58. The molecule has 2 aromatic heterocycles. The molecule has 0 saturated carbocycles. The number of hydrogen-bond donors (Lipinski definition) is 2. The van der Waals surface area contributed by atoms with Gasteiger partial charge in [-0.05, 0) is 12.1 Å². The number of aromatic carboxylic acids is 1. The Bertz CT molecular complexity index is 591. The minimum atomic E-state index is -1.02. The highest BCUT2D eigenvalue weighted by Crippen LogP contribution is 2.18. The number of pyridine rings is 1. The Morgan fingerprint density at radius 2 is 2.35 bits per heavy atom. The molecule has 0 aliphatic heterocycles. The van der Waals surface area contributed by atoms with Crippen molar-refractivity contribution in [3.8, 4) is 0 Å². The van der Waals surface area contributed by atoms with Gasteiger partial charge in [-0.2, -0.15) is 0 Å². The SMILES string of the molecule is C=C(Br)CNc1nc2ccccn2c1C(=O)O. The maximum atomic E-state index is 11.2. The number of carbonyl (C=O) groups is 1. The second-order valence-electron chi connectivity index (χ2n) is 3.41. The molecule has 0 atom stereocenters. The van der Waals surface area contributed by atoms with Crippen molar-refractivity contribution in [1.82, 2.24) is 9.38 Å². The van der Waals surface area contributed by atoms with Gasteiger partial charge < -0.3 is 10.4 Å². The number of nitrogens with zero attached hydrogens (tertiary/aromatic N) is 2. The fourth-order valence-corrected chi connectivity index (χ4v) is 1.64. The average molecular weight is 296 g/mol. The summed E-state index contributed by atoms with van der Waals surface area (Å²) in [5.41, 5.74) is 0.710. The van der Waals surface area contributed by atoms with E-state index in [4.69, 9.17) is 0 Å². The molecule has 6 heteroatoms. The van der Waals surface area contributed by atoms with Crippen molar-refractivity contribution in [1.29, 1.82) is 0 Å². The summed E-state index contributed by atoms with van der Waals surface area (Å²) in [6.45, 7) is 4.09. The van der Waals surface area contributed by atoms with Gasteiger partial charge in [-0.15, -0.1) is 0 Å². The van der Waals surface area contributed by atoms with Crippen molar-refractivity contribution >= 4 is 33.4 Å². The first-order chi connectivity index (χ1) is 8.09. The van der Waals surface area contributed by atoms with Crippen LogP contribution >= 0.6 is 15.9 Å². The van der Waals surface area contributed by atoms with Crippen LogP contribution in [0.25, 0.3) is 5.65 Å². The van der Waals surface area contributed by atoms with Crippen LogP contribution in [0.3, 0.4) is 0 Å². The van der Waals surface area contributed by atoms with E-state index in [1.54, 1.807) is 24.4 Å². The Kier molecular flexibility index (Phi) is 3.14. The zero-order valence-corrected chi connectivity index (χ0v) is 10.4. The molecule has 0 aromatic carbocycles. The molecule has 0 aliphatic rings. The molecule has 0 radical (unpaired) electrons. The number of nitrogens with one attached hydrogen (secondary N) is 1. The standard InChI is InChI=1S/C11H10BrN3O2/c1-7(12)6-13-10-9(11(16)17)15-5-3-2-4-8(15)14-10/h2-5,13H,1,6H2,(H,16,17). The fourth-order valence-electron chi connectivity index (χ4n) is 1.50. The number of rotatable bonds is 4. The lowest BCUT2D eigenvalue weighted by Crippen LogP contribution is -2.08. The molecular weight excluding hydrogens is 286 g/mol. The molecular formula is C11H10BrN3O2. The zero-order chi connectivity index (χ0) is 12.4. The molecule has 17 heavy (non-hydrogen) atoms. The van der Waals surface area contributed by atoms with Crippen LogP contribution in [0, 0.1) is 0 Å². The van der Waals surface area contributed by atoms with Crippen LogP contribution in [0.1, 0.15) is 10.5 Å². The maximum Gasteiger partial charge on any atom is 0.356 e. The Hall–Kier alpha value is -1.82. The molecule has 0 spiro atoms. The summed E-state index contributed by atoms with van der Waals surface area (Å²) >= 11 is 3.20. The van der Waals surface area contributed by atoms with Crippen LogP contribution < -0.4 is 5.32 Å². The molecule has 0 unspecified atom stereocenters. The predicted molar refractivity (Wildman–Crippen MR) is 68.7 cm³/mol. The molecule has 0 saturated heterocycles. The van der Waals surface area contributed by atoms with Crippen LogP contribution in [-0.4, -0.2) is 27.0 Å². The van der Waals surface area contributed by atoms with E-state index in [2.05, 4.69) is 32.8 Å². The van der Waals surface area contributed by atoms with Gasteiger partial charge in [0.05, 0.1) is 0 Å². The third-order valence-electron chi connectivity index (χ3n) is 2.18. The summed E-state index contributed by atoms with van der Waals surface area (Å²) in [6, 6.07) is 5.32. The van der Waals surface area contributed by atoms with Gasteiger partial charge in [0.1, 0.15) is 5.65 Å². The maximum absolute atomic E-state index is 11.2. The number of imidazole rings is 1. The van der Waals surface area contributed by atoms with Crippen LogP contribution in [0.5, 0.6) is 0 Å². The van der Waals surface area contributed by atoms with E-state index in [1.165, 1.54) is 4.40 Å². The Labute approximate surface area is 106 Å². The number of fused-ring (bicyclic) bond motifs is 1. The van der Waals surface area contributed by atoms with Gasteiger partial charge in [0.2, 0.25) is 0 Å². The third kappa shape index (κ3) is 2.31. The monoisotopic (exact) mass is 295 g/mol. The number of carboxylic acids is 1. The van der Waals surface area contributed by atoms with Gasteiger partial charge in [-0.3, -0.25) is 4.40 Å². The average Bonchev–Trinajstić information content (AvgIpc) is 2.64. The van der Waals surface area contributed by atoms with E-state index in [-0.39, 0.29) is 5.69 Å². The molecule has 0 aliphatic carbocycles. The summed E-state index contributed by atoms with van der Waals surface area (Å²) in [6.07, 6.45) is 1.67. The minimum absolute atomic E-state index is 0.120. The summed E-state index contributed by atoms with van der Waals surface area (Å²) < 4.78 is 2.26. The lowest BCUT2D eigenvalue weighted by Gasteiger charge is -2.02. The smallest absolute Gasteiger partial charge is 0.356 e. The summed E-state index contributed by atoms with van der Waals surface area (Å²) in [4.78, 5) is 15.4. The fraction of sp³-hybridized carbons (Fsp3) is 0.0909. The van der Waals surface area contributed by atoms with Crippen molar-refractivity contribution in [2.45, 2.75) is 0 Å². The number of hydrogen-bond acceptors (Lipinski definition) is 3. The highest BCUT2D eigenvalue weighted by Gasteiger charge is 2.17. The summed E-state index contributed by atoms with van der Waals surface area (Å²) in [7, 11) is 0. The topological polar surface area (TPSA) is 66.6 Å². The van der Waals surface area contributed by atoms with E-state index in [0.717, 1.165) is 4.48 Å². The lowest BCUT2D eigenvalue weighted by molar-refractivity contribution is 0.0690. The van der Waals surface area contributed by atoms with E-state index >= 15 is 0 Å². The molecule has 2 heterocycles. The van der Waals surface area contributed by atoms with Crippen molar-refractivity contribution in [3.63, 3.8) is 0 Å². The van der Waals surface area contributed by atoms with Gasteiger partial charge >= 0.3 is 5.97 Å². The molecule has 5 nitrogen and oxygen atoms in total. The van der Waals surface area contributed by atoms with Crippen LogP contribution in [0.15, 0.2) is 35.5 Å². The molecule has 0 bridgehead atoms. The van der Waals surface area contributed by atoms with Crippen molar-refractivity contribution < 1.29 is 9.90 Å². The van der Waals surface area contributed by atoms with Crippen molar-refractivity contribution in [3.05, 3.63) is 41.2 Å². The minimum Gasteiger partial charge on any atom is -0.476 e. The first-order valence-corrected chi connectivity index (χ1v) is 5.66. The number of anilines is 1. The lowest BCUT2D eigenvalue weighted by atomic mass is 10.4. The molecule has 88 valence electrons. The van der Waals surface area contributed by atoms with E-state index < -0.39 is 5.97 Å². The predicted octanol–water partition coefficient (Wildman–Crippen LogP) is 2.35. The molecule has 0 fully saturated rings. The van der Waals surface area contributed by atoms with Crippen LogP contribution in [0.2, 0.25) is 0 Å². The first kappa shape index (κ1) is 11.7. The van der Waals surface area contributed by atoms with Gasteiger partial charge in [0.15, 0.2) is 11.5 Å². The number of halogens is 1. The van der Waals surface area contributed by atoms with E-state index in [1.807, 2.05) is 0 Å². The molecule has 2 rings (SSSR count). The van der Waals surface area contributed by atoms with Gasteiger partial charge in [-0.1, -0.05) is 28.6 Å². The zero-order valence-electron chi connectivity index (χ0n) is 8.85. The van der Waals surface area contributed by atoms with Gasteiger partial charge in [0, 0.05) is 17.2 Å². The van der Waals surface area contributed by atoms with Crippen molar-refractivity contribution in [2.24, 2.45) is 0 Å². The van der Waals surface area contributed by atoms with Gasteiger partial charge in [-0.25, -0.2) is 9.78 Å². The summed E-state index contributed by atoms with van der Waals surface area (Å²) in [5.74, 6) is -0.685. The molecule has 2 aromatic rings. The van der Waals surface area contributed by atoms with E-state index in [9.17, 15) is 9.90 Å². The Morgan fingerprint density at radius 1 is 1.59 bits per heavy atom. The normalized spacial score (nSPS) is 10.4. The van der Waals surface area contributed by atoms with Crippen LogP contribution in [0.4, 0.5) is 5.82 Å². The molecule has 0 amide bonds. The van der Waals surface area contributed by atoms with Gasteiger partial charge in [0.25, 0.3) is 0 Å². The third-order valence-corrected chi connectivity index (χ3v) is 2.46. The highest BCUT2D eigenvalue weighted by molar-refractivity contribution is 9.11. The van der Waals surface area contributed by atoms with E-state index in [0.29, 0.717) is 18.0 Å². The second-order valence-corrected chi connectivity index (χ2v) is 4.54. The molecule has 2 N–H and O–H groups in total. The Balaban J connectivity index is 2.50.